The van der Waals surface area contributed by atoms with Gasteiger partial charge in [-0.3, -0.25) is 9.69 Å². The highest BCUT2D eigenvalue weighted by Gasteiger charge is 2.35. The Bertz CT molecular complexity index is 578. The fourth-order valence-corrected chi connectivity index (χ4v) is 2.95. The van der Waals surface area contributed by atoms with E-state index in [1.807, 2.05) is 0 Å². The first kappa shape index (κ1) is 13.0. The van der Waals surface area contributed by atoms with Crippen molar-refractivity contribution in [3.8, 4) is 0 Å². The molecule has 1 aromatic heterocycles. The number of aryl methyl sites for hydroxylation is 1. The minimum atomic E-state index is -3.57. The van der Waals surface area contributed by atoms with Crippen LogP contribution in [0.4, 0.5) is 5.88 Å². The Balaban J connectivity index is 2.18. The molecule has 0 spiro atoms. The number of sulfonamides is 1. The number of aromatic nitrogens is 1. The van der Waals surface area contributed by atoms with Gasteiger partial charge in [0.15, 0.2) is 0 Å². The van der Waals surface area contributed by atoms with E-state index >= 15 is 0 Å². The van der Waals surface area contributed by atoms with E-state index in [0.717, 1.165) is 5.56 Å². The number of rotatable bonds is 3. The molecule has 2 rings (SSSR count). The molecule has 1 fully saturated rings. The highest BCUT2D eigenvalue weighted by molar-refractivity contribution is 7.89. The van der Waals surface area contributed by atoms with Gasteiger partial charge in [0.1, 0.15) is 0 Å². The summed E-state index contributed by atoms with van der Waals surface area (Å²) in [5.74, 6) is -0.254. The lowest BCUT2D eigenvalue weighted by molar-refractivity contribution is -0.117. The lowest BCUT2D eigenvalue weighted by Crippen LogP contribution is -2.27. The molecular weight excluding hydrogens is 258 g/mol. The van der Waals surface area contributed by atoms with Crippen LogP contribution in [-0.2, 0) is 14.8 Å². The van der Waals surface area contributed by atoms with Crippen molar-refractivity contribution in [2.75, 3.05) is 17.2 Å². The summed E-state index contributed by atoms with van der Waals surface area (Å²) in [6.45, 7) is 3.89. The summed E-state index contributed by atoms with van der Waals surface area (Å²) in [7, 11) is -3.57. The van der Waals surface area contributed by atoms with E-state index in [-0.39, 0.29) is 24.0 Å². The highest BCUT2D eigenvalue weighted by atomic mass is 32.2. The SMILES string of the molecule is Cc1noc(N2CC(CS(N)(=O)=O)CC2=O)c1C. The van der Waals surface area contributed by atoms with E-state index in [1.54, 1.807) is 13.8 Å². The Morgan fingerprint density at radius 1 is 1.50 bits per heavy atom. The van der Waals surface area contributed by atoms with E-state index in [9.17, 15) is 13.2 Å². The van der Waals surface area contributed by atoms with Crippen molar-refractivity contribution in [3.63, 3.8) is 0 Å². The zero-order valence-corrected chi connectivity index (χ0v) is 11.0. The topological polar surface area (TPSA) is 106 Å². The molecular formula is C10H15N3O4S. The van der Waals surface area contributed by atoms with Gasteiger partial charge in [-0.15, -0.1) is 0 Å². The molecule has 0 saturated carbocycles. The largest absolute Gasteiger partial charge is 0.338 e. The molecule has 8 heteroatoms. The molecule has 0 aliphatic carbocycles. The van der Waals surface area contributed by atoms with Crippen LogP contribution in [0.3, 0.4) is 0 Å². The maximum Gasteiger partial charge on any atom is 0.237 e. The molecule has 1 amide bonds. The fraction of sp³-hybridized carbons (Fsp3) is 0.600. The van der Waals surface area contributed by atoms with Crippen molar-refractivity contribution in [1.29, 1.82) is 0 Å². The Kier molecular flexibility index (Phi) is 3.16. The Labute approximate surface area is 105 Å². The van der Waals surface area contributed by atoms with Crippen LogP contribution in [0.1, 0.15) is 17.7 Å². The maximum atomic E-state index is 11.8. The highest BCUT2D eigenvalue weighted by Crippen LogP contribution is 2.29. The van der Waals surface area contributed by atoms with Gasteiger partial charge in [0, 0.05) is 24.4 Å². The van der Waals surface area contributed by atoms with E-state index < -0.39 is 10.0 Å². The number of carbonyl (C=O) groups is 1. The molecule has 0 radical (unpaired) electrons. The summed E-state index contributed by atoms with van der Waals surface area (Å²) in [6, 6.07) is 0. The second-order valence-electron chi connectivity index (χ2n) is 4.60. The summed E-state index contributed by atoms with van der Waals surface area (Å²) in [4.78, 5) is 13.3. The second-order valence-corrected chi connectivity index (χ2v) is 6.26. The lowest BCUT2D eigenvalue weighted by Gasteiger charge is -2.13. The molecule has 1 aromatic rings. The van der Waals surface area contributed by atoms with E-state index in [1.165, 1.54) is 4.90 Å². The summed E-state index contributed by atoms with van der Waals surface area (Å²) in [6.07, 6.45) is 0.162. The van der Waals surface area contributed by atoms with Crippen molar-refractivity contribution in [2.24, 2.45) is 11.1 Å². The van der Waals surface area contributed by atoms with Crippen molar-refractivity contribution in [1.82, 2.24) is 5.16 Å². The Morgan fingerprint density at radius 3 is 2.67 bits per heavy atom. The van der Waals surface area contributed by atoms with Gasteiger partial charge in [0.25, 0.3) is 0 Å². The third kappa shape index (κ3) is 2.54. The van der Waals surface area contributed by atoms with Gasteiger partial charge in [0.2, 0.25) is 21.8 Å². The molecule has 7 nitrogen and oxygen atoms in total. The van der Waals surface area contributed by atoms with Crippen LogP contribution >= 0.6 is 0 Å². The molecule has 0 bridgehead atoms. The van der Waals surface area contributed by atoms with Gasteiger partial charge in [-0.2, -0.15) is 0 Å². The normalized spacial score (nSPS) is 20.7. The zero-order chi connectivity index (χ0) is 13.5. The van der Waals surface area contributed by atoms with E-state index in [2.05, 4.69) is 5.16 Å². The third-order valence-corrected chi connectivity index (χ3v) is 3.99. The van der Waals surface area contributed by atoms with Gasteiger partial charge < -0.3 is 4.52 Å². The quantitative estimate of drug-likeness (QED) is 0.829. The number of hydrogen-bond acceptors (Lipinski definition) is 5. The van der Waals surface area contributed by atoms with E-state index in [0.29, 0.717) is 18.1 Å². The lowest BCUT2D eigenvalue weighted by atomic mass is 10.1. The van der Waals surface area contributed by atoms with Crippen LogP contribution in [0.5, 0.6) is 0 Å². The summed E-state index contributed by atoms with van der Waals surface area (Å²) in [5.41, 5.74) is 1.51. The number of nitrogens with two attached hydrogens (primary N) is 1. The van der Waals surface area contributed by atoms with Crippen LogP contribution in [0.25, 0.3) is 0 Å². The molecule has 18 heavy (non-hydrogen) atoms. The number of anilines is 1. The number of carbonyl (C=O) groups excluding carboxylic acids is 1. The second kappa shape index (κ2) is 4.36. The van der Waals surface area contributed by atoms with Crippen molar-refractivity contribution in [2.45, 2.75) is 20.3 Å². The average molecular weight is 273 g/mol. The minimum Gasteiger partial charge on any atom is -0.338 e. The average Bonchev–Trinajstić information content (AvgIpc) is 2.70. The first-order valence-corrected chi connectivity index (χ1v) is 7.23. The standard InChI is InChI=1S/C10H15N3O4S/c1-6-7(2)12-17-10(6)13-4-8(3-9(13)14)5-18(11,15)16/h8H,3-5H2,1-2H3,(H2,11,15,16). The predicted molar refractivity (Wildman–Crippen MR) is 64.4 cm³/mol. The zero-order valence-electron chi connectivity index (χ0n) is 10.2. The molecule has 1 saturated heterocycles. The van der Waals surface area contributed by atoms with Gasteiger partial charge >= 0.3 is 0 Å². The molecule has 0 aromatic carbocycles. The van der Waals surface area contributed by atoms with Crippen molar-refractivity contribution >= 4 is 21.8 Å². The Morgan fingerprint density at radius 2 is 2.17 bits per heavy atom. The van der Waals surface area contributed by atoms with Gasteiger partial charge in [-0.1, -0.05) is 5.16 Å². The number of hydrogen-bond donors (Lipinski definition) is 1. The first-order chi connectivity index (χ1) is 8.28. The van der Waals surface area contributed by atoms with E-state index in [4.69, 9.17) is 9.66 Å². The molecule has 2 heterocycles. The molecule has 1 aliphatic heterocycles. The molecule has 1 atom stereocenters. The number of primary sulfonamides is 1. The summed E-state index contributed by atoms with van der Waals surface area (Å²) in [5, 5.41) is 8.77. The molecule has 1 unspecified atom stereocenters. The monoisotopic (exact) mass is 273 g/mol. The van der Waals surface area contributed by atoms with Gasteiger partial charge in [0.05, 0.1) is 11.4 Å². The summed E-state index contributed by atoms with van der Waals surface area (Å²) >= 11 is 0. The van der Waals surface area contributed by atoms with Crippen LogP contribution < -0.4 is 10.0 Å². The number of nitrogens with zero attached hydrogens (tertiary/aromatic N) is 2. The van der Waals surface area contributed by atoms with Crippen LogP contribution in [0.15, 0.2) is 4.52 Å². The van der Waals surface area contributed by atoms with Crippen molar-refractivity contribution in [3.05, 3.63) is 11.3 Å². The number of amides is 1. The molecule has 100 valence electrons. The fourth-order valence-electron chi connectivity index (χ4n) is 2.07. The van der Waals surface area contributed by atoms with Crippen LogP contribution in [-0.4, -0.2) is 31.8 Å². The Hall–Kier alpha value is -1.41. The first-order valence-electron chi connectivity index (χ1n) is 5.51. The predicted octanol–water partition coefficient (Wildman–Crippen LogP) is -0.0672. The maximum absolute atomic E-state index is 11.8. The minimum absolute atomic E-state index is 0.162. The van der Waals surface area contributed by atoms with Crippen LogP contribution in [0, 0.1) is 19.8 Å². The van der Waals surface area contributed by atoms with Gasteiger partial charge in [-0.25, -0.2) is 13.6 Å². The third-order valence-electron chi connectivity index (χ3n) is 3.05. The van der Waals surface area contributed by atoms with Gasteiger partial charge in [-0.05, 0) is 13.8 Å². The molecule has 2 N–H and O–H groups in total. The molecule has 1 aliphatic rings. The summed E-state index contributed by atoms with van der Waals surface area (Å²) < 4.78 is 27.1. The smallest absolute Gasteiger partial charge is 0.237 e. The van der Waals surface area contributed by atoms with Crippen molar-refractivity contribution < 1.29 is 17.7 Å². The van der Waals surface area contributed by atoms with Crippen LogP contribution in [0.2, 0.25) is 0 Å².